The van der Waals surface area contributed by atoms with Crippen molar-refractivity contribution < 1.29 is 9.53 Å². The zero-order valence-electron chi connectivity index (χ0n) is 17.2. The van der Waals surface area contributed by atoms with E-state index >= 15 is 0 Å². The molecule has 1 aromatic heterocycles. The van der Waals surface area contributed by atoms with E-state index in [0.29, 0.717) is 19.0 Å². The second-order valence-corrected chi connectivity index (χ2v) is 7.30. The fraction of sp³-hybridized carbons (Fsp3) is 0.450. The Morgan fingerprint density at radius 2 is 1.89 bits per heavy atom. The molecule has 1 aromatic carbocycles. The summed E-state index contributed by atoms with van der Waals surface area (Å²) in [5.41, 5.74) is 1.51. The van der Waals surface area contributed by atoms with Crippen LogP contribution in [0.25, 0.3) is 5.69 Å². The summed E-state index contributed by atoms with van der Waals surface area (Å²) in [5.74, 6) is 1.30. The van der Waals surface area contributed by atoms with Gasteiger partial charge in [-0.2, -0.15) is 5.10 Å². The number of rotatable bonds is 7. The van der Waals surface area contributed by atoms with E-state index in [2.05, 4.69) is 26.0 Å². The number of hydrogen-bond donors (Lipinski definition) is 3. The van der Waals surface area contributed by atoms with Gasteiger partial charge in [-0.05, 0) is 58.0 Å². The topological polar surface area (TPSA) is 92.6 Å². The van der Waals surface area contributed by atoms with Crippen LogP contribution in [0.2, 0.25) is 0 Å². The Hall–Kier alpha value is -3.03. The molecule has 0 spiro atoms. The zero-order valence-corrected chi connectivity index (χ0v) is 17.2. The van der Waals surface area contributed by atoms with Crippen LogP contribution in [-0.2, 0) is 11.3 Å². The number of hydrogen-bond acceptors (Lipinski definition) is 4. The number of methoxy groups -OCH3 is 1. The molecule has 0 aliphatic rings. The van der Waals surface area contributed by atoms with E-state index in [1.54, 1.807) is 11.8 Å². The maximum absolute atomic E-state index is 12.0. The van der Waals surface area contributed by atoms with Gasteiger partial charge < -0.3 is 20.7 Å². The van der Waals surface area contributed by atoms with Gasteiger partial charge in [0.05, 0.1) is 31.6 Å². The monoisotopic (exact) mass is 386 g/mol. The molecule has 8 nitrogen and oxygen atoms in total. The van der Waals surface area contributed by atoms with Gasteiger partial charge >= 0.3 is 0 Å². The third-order valence-corrected chi connectivity index (χ3v) is 3.66. The predicted octanol–water partition coefficient (Wildman–Crippen LogP) is 1.85. The predicted molar refractivity (Wildman–Crippen MR) is 111 cm³/mol. The van der Waals surface area contributed by atoms with E-state index in [0.717, 1.165) is 17.1 Å². The van der Waals surface area contributed by atoms with E-state index in [1.165, 1.54) is 0 Å². The third kappa shape index (κ3) is 6.94. The minimum absolute atomic E-state index is 0.0816. The molecule has 0 aliphatic carbocycles. The number of carbonyl (C=O) groups excluding carboxylic acids is 1. The average molecular weight is 387 g/mol. The summed E-state index contributed by atoms with van der Waals surface area (Å²) in [7, 11) is 1.64. The molecule has 1 amide bonds. The highest BCUT2D eigenvalue weighted by atomic mass is 16.5. The number of benzene rings is 1. The standard InChI is InChI=1S/C20H30N6O2/c1-6-21-19(23-14-18(27)24-20(2,3)4)22-13-15-11-12-26(25-15)16-7-9-17(28-5)10-8-16/h7-12H,6,13-14H2,1-5H3,(H,24,27)(H2,21,22,23). The molecule has 0 aliphatic heterocycles. The van der Waals surface area contributed by atoms with Crippen LogP contribution in [0.4, 0.5) is 0 Å². The van der Waals surface area contributed by atoms with E-state index < -0.39 is 0 Å². The molecule has 0 unspecified atom stereocenters. The highest BCUT2D eigenvalue weighted by Gasteiger charge is 2.13. The first-order valence-corrected chi connectivity index (χ1v) is 9.33. The van der Waals surface area contributed by atoms with Crippen molar-refractivity contribution in [2.45, 2.75) is 39.8 Å². The minimum Gasteiger partial charge on any atom is -0.497 e. The summed E-state index contributed by atoms with van der Waals surface area (Å²) in [6.07, 6.45) is 1.89. The third-order valence-electron chi connectivity index (χ3n) is 3.66. The number of guanidine groups is 1. The van der Waals surface area contributed by atoms with Crippen LogP contribution in [0.1, 0.15) is 33.4 Å². The van der Waals surface area contributed by atoms with Crippen LogP contribution in [0.3, 0.4) is 0 Å². The SMILES string of the molecule is CCNC(=NCc1ccn(-c2ccc(OC)cc2)n1)NCC(=O)NC(C)(C)C. The molecule has 2 rings (SSSR count). The number of nitrogens with one attached hydrogen (secondary N) is 3. The smallest absolute Gasteiger partial charge is 0.239 e. The van der Waals surface area contributed by atoms with Crippen LogP contribution >= 0.6 is 0 Å². The second kappa shape index (κ2) is 9.77. The summed E-state index contributed by atoms with van der Waals surface area (Å²) in [5, 5.41) is 13.6. The highest BCUT2D eigenvalue weighted by Crippen LogP contribution is 2.14. The van der Waals surface area contributed by atoms with E-state index in [-0.39, 0.29) is 18.0 Å². The van der Waals surface area contributed by atoms with E-state index in [4.69, 9.17) is 4.74 Å². The Morgan fingerprint density at radius 1 is 1.18 bits per heavy atom. The Kier molecular flexibility index (Phi) is 7.43. The van der Waals surface area contributed by atoms with Gasteiger partial charge in [-0.15, -0.1) is 0 Å². The second-order valence-electron chi connectivity index (χ2n) is 7.30. The number of carbonyl (C=O) groups is 1. The van der Waals surface area contributed by atoms with E-state index in [9.17, 15) is 4.79 Å². The number of ether oxygens (including phenoxy) is 1. The van der Waals surface area contributed by atoms with Crippen LogP contribution in [0.15, 0.2) is 41.5 Å². The molecule has 8 heteroatoms. The average Bonchev–Trinajstić information content (AvgIpc) is 3.11. The molecule has 2 aromatic rings. The fourth-order valence-corrected chi connectivity index (χ4v) is 2.45. The minimum atomic E-state index is -0.261. The molecular weight excluding hydrogens is 356 g/mol. The van der Waals surface area contributed by atoms with Crippen LogP contribution in [0, 0.1) is 0 Å². The van der Waals surface area contributed by atoms with Gasteiger partial charge in [0.25, 0.3) is 0 Å². The highest BCUT2D eigenvalue weighted by molar-refractivity contribution is 5.86. The first-order valence-electron chi connectivity index (χ1n) is 9.33. The maximum Gasteiger partial charge on any atom is 0.239 e. The van der Waals surface area contributed by atoms with Crippen molar-refractivity contribution in [3.63, 3.8) is 0 Å². The van der Waals surface area contributed by atoms with Gasteiger partial charge in [-0.1, -0.05) is 0 Å². The molecule has 28 heavy (non-hydrogen) atoms. The van der Waals surface area contributed by atoms with Crippen LogP contribution < -0.4 is 20.7 Å². The van der Waals surface area contributed by atoms with E-state index in [1.807, 2.05) is 64.2 Å². The number of aliphatic imine (C=N–C) groups is 1. The van der Waals surface area contributed by atoms with Gasteiger partial charge in [0.2, 0.25) is 5.91 Å². The molecular formula is C20H30N6O2. The molecule has 0 bridgehead atoms. The van der Waals surface area contributed by atoms with Gasteiger partial charge in [-0.3, -0.25) is 4.79 Å². The van der Waals surface area contributed by atoms with Gasteiger partial charge in [0.1, 0.15) is 5.75 Å². The number of amides is 1. The van der Waals surface area contributed by atoms with Gasteiger partial charge in [-0.25, -0.2) is 9.67 Å². The Morgan fingerprint density at radius 3 is 2.50 bits per heavy atom. The van der Waals surface area contributed by atoms with Crippen LogP contribution in [0.5, 0.6) is 5.75 Å². The van der Waals surface area contributed by atoms with Crippen molar-refractivity contribution in [3.05, 3.63) is 42.2 Å². The lowest BCUT2D eigenvalue weighted by molar-refractivity contribution is -0.121. The number of aromatic nitrogens is 2. The lowest BCUT2D eigenvalue weighted by Crippen LogP contribution is -2.48. The van der Waals surface area contributed by atoms with Crippen molar-refractivity contribution in [1.82, 2.24) is 25.7 Å². The quantitative estimate of drug-likeness (QED) is 0.499. The molecule has 0 saturated heterocycles. The molecule has 0 radical (unpaired) electrons. The molecule has 1 heterocycles. The summed E-state index contributed by atoms with van der Waals surface area (Å²) >= 11 is 0. The fourth-order valence-electron chi connectivity index (χ4n) is 2.45. The first kappa shape index (κ1) is 21.3. The zero-order chi connectivity index (χ0) is 20.6. The normalized spacial score (nSPS) is 11.8. The Labute approximate surface area is 166 Å². The van der Waals surface area contributed by atoms with Crippen molar-refractivity contribution in [1.29, 1.82) is 0 Å². The van der Waals surface area contributed by atoms with Crippen molar-refractivity contribution >= 4 is 11.9 Å². The summed E-state index contributed by atoms with van der Waals surface area (Å²) in [6.45, 7) is 9.08. The molecule has 3 N–H and O–H groups in total. The summed E-state index contributed by atoms with van der Waals surface area (Å²) < 4.78 is 6.97. The maximum atomic E-state index is 12.0. The summed E-state index contributed by atoms with van der Waals surface area (Å²) in [4.78, 5) is 16.5. The summed E-state index contributed by atoms with van der Waals surface area (Å²) in [6, 6.07) is 9.59. The first-order chi connectivity index (χ1) is 13.3. The van der Waals surface area contributed by atoms with Crippen molar-refractivity contribution in [2.75, 3.05) is 20.2 Å². The molecule has 152 valence electrons. The van der Waals surface area contributed by atoms with Gasteiger partial charge in [0, 0.05) is 18.3 Å². The largest absolute Gasteiger partial charge is 0.497 e. The Balaban J connectivity index is 1.96. The molecule has 0 atom stereocenters. The molecule has 0 saturated carbocycles. The molecule has 0 fully saturated rings. The number of nitrogens with zero attached hydrogens (tertiary/aromatic N) is 3. The lowest BCUT2D eigenvalue weighted by Gasteiger charge is -2.21. The van der Waals surface area contributed by atoms with Gasteiger partial charge in [0.15, 0.2) is 5.96 Å². The lowest BCUT2D eigenvalue weighted by atomic mass is 10.1. The van der Waals surface area contributed by atoms with Crippen molar-refractivity contribution in [2.24, 2.45) is 4.99 Å². The van der Waals surface area contributed by atoms with Crippen LogP contribution in [-0.4, -0.2) is 47.4 Å². The Bertz CT molecular complexity index is 790. The van der Waals surface area contributed by atoms with Crippen molar-refractivity contribution in [3.8, 4) is 11.4 Å².